The monoisotopic (exact) mass is 425 g/mol. The molecule has 0 saturated carbocycles. The fourth-order valence-corrected chi connectivity index (χ4v) is 5.73. The van der Waals surface area contributed by atoms with Gasteiger partial charge in [-0.1, -0.05) is 30.3 Å². The van der Waals surface area contributed by atoms with Gasteiger partial charge >= 0.3 is 0 Å². The minimum Gasteiger partial charge on any atom is -0.340 e. The van der Waals surface area contributed by atoms with Crippen LogP contribution in [0.3, 0.4) is 0 Å². The van der Waals surface area contributed by atoms with E-state index < -0.39 is 0 Å². The fraction of sp³-hybridized carbons (Fsp3) is 0.560. The van der Waals surface area contributed by atoms with E-state index in [0.717, 1.165) is 58.7 Å². The average molecular weight is 426 g/mol. The van der Waals surface area contributed by atoms with Crippen molar-refractivity contribution in [2.24, 2.45) is 5.92 Å². The topological polar surface area (TPSA) is 26.8 Å². The largest absolute Gasteiger partial charge is 0.340 e. The van der Waals surface area contributed by atoms with Gasteiger partial charge in [0.05, 0.1) is 0 Å². The normalized spacial score (nSPS) is 21.1. The van der Waals surface area contributed by atoms with Crippen LogP contribution in [0.2, 0.25) is 0 Å². The quantitative estimate of drug-likeness (QED) is 0.658. The van der Waals surface area contributed by atoms with E-state index in [1.54, 1.807) is 0 Å². The molecule has 0 N–H and O–H groups in total. The molecule has 4 nitrogen and oxygen atoms in total. The zero-order valence-corrected chi connectivity index (χ0v) is 19.1. The van der Waals surface area contributed by atoms with E-state index in [1.807, 2.05) is 11.3 Å². The van der Waals surface area contributed by atoms with Crippen LogP contribution < -0.4 is 0 Å². The van der Waals surface area contributed by atoms with E-state index in [9.17, 15) is 4.79 Å². The van der Waals surface area contributed by atoms with Crippen molar-refractivity contribution < 1.29 is 4.79 Å². The van der Waals surface area contributed by atoms with Gasteiger partial charge in [-0.3, -0.25) is 14.6 Å². The Morgan fingerprint density at radius 1 is 1.00 bits per heavy atom. The first-order valence-electron chi connectivity index (χ1n) is 11.5. The van der Waals surface area contributed by atoms with E-state index in [4.69, 9.17) is 0 Å². The van der Waals surface area contributed by atoms with Crippen LogP contribution in [0.25, 0.3) is 0 Å². The number of rotatable bonds is 7. The highest BCUT2D eigenvalue weighted by Gasteiger charge is 2.24. The first-order chi connectivity index (χ1) is 14.7. The summed E-state index contributed by atoms with van der Waals surface area (Å²) in [6.45, 7) is 10.4. The molecule has 2 aromatic rings. The van der Waals surface area contributed by atoms with Gasteiger partial charge in [0.15, 0.2) is 0 Å². The summed E-state index contributed by atoms with van der Waals surface area (Å²) in [6, 6.07) is 12.9. The number of carbonyl (C=O) groups is 1. The molecule has 0 spiro atoms. The number of hydrogen-bond donors (Lipinski definition) is 0. The van der Waals surface area contributed by atoms with Crippen LogP contribution in [0, 0.1) is 12.8 Å². The Labute approximate surface area is 185 Å². The van der Waals surface area contributed by atoms with E-state index in [-0.39, 0.29) is 0 Å². The van der Waals surface area contributed by atoms with Gasteiger partial charge in [0, 0.05) is 57.1 Å². The Morgan fingerprint density at radius 2 is 1.80 bits per heavy atom. The first kappa shape index (κ1) is 21.5. The maximum absolute atomic E-state index is 12.8. The van der Waals surface area contributed by atoms with Crippen molar-refractivity contribution in [2.75, 3.05) is 39.3 Å². The number of likely N-dealkylation sites (tertiary alicyclic amines) is 1. The molecule has 30 heavy (non-hydrogen) atoms. The second kappa shape index (κ2) is 10.6. The predicted molar refractivity (Wildman–Crippen MR) is 125 cm³/mol. The fourth-order valence-electron chi connectivity index (χ4n) is 4.78. The lowest BCUT2D eigenvalue weighted by Gasteiger charge is -2.36. The number of amides is 1. The van der Waals surface area contributed by atoms with Crippen molar-refractivity contribution in [3.05, 3.63) is 57.8 Å². The summed E-state index contributed by atoms with van der Waals surface area (Å²) >= 11 is 1.88. The number of carbonyl (C=O) groups excluding carboxylic acids is 1. The van der Waals surface area contributed by atoms with Crippen molar-refractivity contribution in [3.63, 3.8) is 0 Å². The van der Waals surface area contributed by atoms with E-state index >= 15 is 0 Å². The van der Waals surface area contributed by atoms with Crippen LogP contribution in [-0.4, -0.2) is 59.9 Å². The molecule has 2 saturated heterocycles. The van der Waals surface area contributed by atoms with Gasteiger partial charge < -0.3 is 4.90 Å². The second-order valence-corrected chi connectivity index (χ2v) is 9.95. The van der Waals surface area contributed by atoms with Gasteiger partial charge in [-0.15, -0.1) is 11.3 Å². The minimum absolute atomic E-state index is 0.362. The van der Waals surface area contributed by atoms with Gasteiger partial charge in [0.2, 0.25) is 5.91 Å². The lowest BCUT2D eigenvalue weighted by atomic mass is 9.93. The van der Waals surface area contributed by atoms with Gasteiger partial charge in [-0.05, 0) is 61.2 Å². The Kier molecular flexibility index (Phi) is 7.58. The summed E-state index contributed by atoms with van der Waals surface area (Å²) in [5.74, 6) is 1.03. The molecule has 2 aliphatic rings. The molecule has 1 amide bonds. The third-order valence-corrected chi connectivity index (χ3v) is 7.69. The minimum atomic E-state index is 0.362. The van der Waals surface area contributed by atoms with Crippen LogP contribution in [0.5, 0.6) is 0 Å². The smallest absolute Gasteiger partial charge is 0.222 e. The molecular formula is C25H35N3OS. The highest BCUT2D eigenvalue weighted by atomic mass is 32.1. The maximum Gasteiger partial charge on any atom is 0.222 e. The van der Waals surface area contributed by atoms with Crippen LogP contribution in [0.15, 0.2) is 41.8 Å². The molecule has 0 radical (unpaired) electrons. The zero-order valence-electron chi connectivity index (χ0n) is 18.3. The Hall–Kier alpha value is -1.69. The molecule has 3 heterocycles. The van der Waals surface area contributed by atoms with Crippen LogP contribution in [-0.2, 0) is 17.9 Å². The molecule has 162 valence electrons. The lowest BCUT2D eigenvalue weighted by Crippen LogP contribution is -2.48. The summed E-state index contributed by atoms with van der Waals surface area (Å²) in [5, 5.41) is 2.20. The molecule has 0 unspecified atom stereocenters. The Balaban J connectivity index is 1.17. The van der Waals surface area contributed by atoms with Gasteiger partial charge in [-0.25, -0.2) is 0 Å². The number of benzene rings is 1. The van der Waals surface area contributed by atoms with Gasteiger partial charge in [0.25, 0.3) is 0 Å². The van der Waals surface area contributed by atoms with Crippen LogP contribution in [0.1, 0.15) is 41.7 Å². The molecule has 2 aliphatic heterocycles. The molecule has 1 aromatic carbocycles. The van der Waals surface area contributed by atoms with E-state index in [2.05, 4.69) is 63.4 Å². The number of hydrogen-bond acceptors (Lipinski definition) is 4. The first-order valence-corrected chi connectivity index (χ1v) is 12.3. The van der Waals surface area contributed by atoms with Crippen LogP contribution >= 0.6 is 11.3 Å². The summed E-state index contributed by atoms with van der Waals surface area (Å²) in [5.41, 5.74) is 2.78. The predicted octanol–water partition coefficient (Wildman–Crippen LogP) is 4.39. The Bertz CT molecular complexity index is 798. The summed E-state index contributed by atoms with van der Waals surface area (Å²) in [6.07, 6.45) is 4.30. The average Bonchev–Trinajstić information content (AvgIpc) is 3.18. The standard InChI is InChI=1S/C25H35N3OS/c1-21-11-17-30-24(21)20-27-12-5-8-23(19-27)9-10-25(29)28-15-13-26(14-16-28)18-22-6-3-2-4-7-22/h2-4,6-7,11,17,23H,5,8-10,12-16,18-20H2,1H3/t23-/m1/s1. The molecule has 1 aromatic heterocycles. The molecule has 0 aliphatic carbocycles. The number of piperazine rings is 1. The van der Waals surface area contributed by atoms with Crippen molar-refractivity contribution in [1.29, 1.82) is 0 Å². The summed E-state index contributed by atoms with van der Waals surface area (Å²) < 4.78 is 0. The molecule has 5 heteroatoms. The molecule has 2 fully saturated rings. The number of piperidine rings is 1. The number of aryl methyl sites for hydroxylation is 1. The zero-order chi connectivity index (χ0) is 20.8. The number of nitrogens with zero attached hydrogens (tertiary/aromatic N) is 3. The van der Waals surface area contributed by atoms with Crippen molar-refractivity contribution >= 4 is 17.2 Å². The third kappa shape index (κ3) is 5.93. The summed E-state index contributed by atoms with van der Waals surface area (Å²) in [7, 11) is 0. The third-order valence-electron chi connectivity index (χ3n) is 6.68. The molecule has 0 bridgehead atoms. The highest BCUT2D eigenvalue weighted by molar-refractivity contribution is 7.10. The van der Waals surface area contributed by atoms with E-state index in [1.165, 1.54) is 35.4 Å². The van der Waals surface area contributed by atoms with Crippen LogP contribution in [0.4, 0.5) is 0 Å². The van der Waals surface area contributed by atoms with Gasteiger partial charge in [-0.2, -0.15) is 0 Å². The van der Waals surface area contributed by atoms with Crippen molar-refractivity contribution in [3.8, 4) is 0 Å². The Morgan fingerprint density at radius 3 is 2.53 bits per heavy atom. The second-order valence-electron chi connectivity index (χ2n) is 8.95. The molecule has 4 rings (SSSR count). The SMILES string of the molecule is Cc1ccsc1CN1CCC[C@H](CCC(=O)N2CCN(Cc3ccccc3)CC2)C1. The van der Waals surface area contributed by atoms with E-state index in [0.29, 0.717) is 11.8 Å². The number of thiophene rings is 1. The molecular weight excluding hydrogens is 390 g/mol. The van der Waals surface area contributed by atoms with Crippen molar-refractivity contribution in [1.82, 2.24) is 14.7 Å². The van der Waals surface area contributed by atoms with Crippen molar-refractivity contribution in [2.45, 2.75) is 45.7 Å². The summed E-state index contributed by atoms with van der Waals surface area (Å²) in [4.78, 5) is 21.4. The highest BCUT2D eigenvalue weighted by Crippen LogP contribution is 2.25. The molecule has 1 atom stereocenters. The maximum atomic E-state index is 12.8. The van der Waals surface area contributed by atoms with Gasteiger partial charge in [0.1, 0.15) is 0 Å². The lowest BCUT2D eigenvalue weighted by molar-refractivity contribution is -0.133.